The van der Waals surface area contributed by atoms with Crippen molar-refractivity contribution in [1.82, 2.24) is 0 Å². The molecule has 0 radical (unpaired) electrons. The summed E-state index contributed by atoms with van der Waals surface area (Å²) in [4.78, 5) is 22.0. The molecule has 0 spiro atoms. The van der Waals surface area contributed by atoms with Crippen molar-refractivity contribution >= 4 is 23.6 Å². The maximum atomic E-state index is 12.6. The number of benzene rings is 1. The minimum Gasteiger partial charge on any atom is -0.466 e. The van der Waals surface area contributed by atoms with Gasteiger partial charge >= 0.3 is 12.1 Å². The maximum absolute atomic E-state index is 12.6. The van der Waals surface area contributed by atoms with Crippen molar-refractivity contribution in [2.24, 2.45) is 0 Å². The highest BCUT2D eigenvalue weighted by Gasteiger charge is 2.30. The second-order valence-electron chi connectivity index (χ2n) is 3.84. The van der Waals surface area contributed by atoms with E-state index in [1.54, 1.807) is 0 Å². The second kappa shape index (κ2) is 6.23. The van der Waals surface area contributed by atoms with Crippen LogP contribution in [0.25, 0.3) is 6.08 Å². The van der Waals surface area contributed by atoms with E-state index in [0.29, 0.717) is 0 Å². The highest BCUT2D eigenvalue weighted by molar-refractivity contribution is 5.93. The number of hydrogen-bond donors (Lipinski definition) is 1. The molecule has 1 aromatic rings. The lowest BCUT2D eigenvalue weighted by Crippen LogP contribution is -2.10. The SMILES string of the molecule is COC(=O)/C=C/c1ccc(C(F)(F)F)cc1NC(C)=O. The summed E-state index contributed by atoms with van der Waals surface area (Å²) >= 11 is 0. The van der Waals surface area contributed by atoms with Crippen LogP contribution in [0.2, 0.25) is 0 Å². The molecule has 0 fully saturated rings. The van der Waals surface area contributed by atoms with Crippen molar-refractivity contribution in [3.05, 3.63) is 35.4 Å². The zero-order valence-corrected chi connectivity index (χ0v) is 10.7. The van der Waals surface area contributed by atoms with Gasteiger partial charge in [0.15, 0.2) is 0 Å². The van der Waals surface area contributed by atoms with Crippen molar-refractivity contribution in [2.75, 3.05) is 12.4 Å². The maximum Gasteiger partial charge on any atom is 0.416 e. The Hall–Kier alpha value is -2.31. The van der Waals surface area contributed by atoms with Crippen molar-refractivity contribution < 1.29 is 27.5 Å². The number of anilines is 1. The topological polar surface area (TPSA) is 55.4 Å². The molecule has 0 heterocycles. The van der Waals surface area contributed by atoms with E-state index in [0.717, 1.165) is 24.3 Å². The monoisotopic (exact) mass is 287 g/mol. The molecule has 0 atom stereocenters. The van der Waals surface area contributed by atoms with Gasteiger partial charge in [-0.15, -0.1) is 0 Å². The Morgan fingerprint density at radius 1 is 1.30 bits per heavy atom. The van der Waals surface area contributed by atoms with Gasteiger partial charge in [-0.1, -0.05) is 6.07 Å². The van der Waals surface area contributed by atoms with E-state index in [1.165, 1.54) is 20.1 Å². The van der Waals surface area contributed by atoms with Gasteiger partial charge in [-0.25, -0.2) is 4.79 Å². The molecular formula is C13H12F3NO3. The summed E-state index contributed by atoms with van der Waals surface area (Å²) in [7, 11) is 1.17. The predicted molar refractivity (Wildman–Crippen MR) is 66.8 cm³/mol. The van der Waals surface area contributed by atoms with Gasteiger partial charge < -0.3 is 10.1 Å². The molecule has 4 nitrogen and oxygen atoms in total. The molecule has 0 aliphatic heterocycles. The number of halogens is 3. The molecule has 0 aromatic heterocycles. The molecule has 1 N–H and O–H groups in total. The standard InChI is InChI=1S/C13H12F3NO3/c1-8(18)17-11-7-10(13(14,15)16)5-3-9(11)4-6-12(19)20-2/h3-7H,1-2H3,(H,17,18)/b6-4+. The zero-order chi connectivity index (χ0) is 15.3. The lowest BCUT2D eigenvalue weighted by atomic mass is 10.1. The third-order valence-corrected chi connectivity index (χ3v) is 2.29. The summed E-state index contributed by atoms with van der Waals surface area (Å²) in [6, 6.07) is 2.83. The van der Waals surface area contributed by atoms with E-state index in [-0.39, 0.29) is 11.3 Å². The van der Waals surface area contributed by atoms with Gasteiger partial charge in [0.2, 0.25) is 5.91 Å². The summed E-state index contributed by atoms with van der Waals surface area (Å²) in [5.74, 6) is -1.17. The Kier molecular flexibility index (Phi) is 4.90. The van der Waals surface area contributed by atoms with Gasteiger partial charge in [0, 0.05) is 18.7 Å². The van der Waals surface area contributed by atoms with Crippen LogP contribution in [0.1, 0.15) is 18.1 Å². The molecular weight excluding hydrogens is 275 g/mol. The Balaban J connectivity index is 3.20. The molecule has 1 rings (SSSR count). The minimum atomic E-state index is -4.52. The lowest BCUT2D eigenvalue weighted by molar-refractivity contribution is -0.137. The number of nitrogens with one attached hydrogen (secondary N) is 1. The highest BCUT2D eigenvalue weighted by atomic mass is 19.4. The number of carbonyl (C=O) groups is 2. The average molecular weight is 287 g/mol. The number of rotatable bonds is 3. The van der Waals surface area contributed by atoms with Crippen LogP contribution in [0, 0.1) is 0 Å². The number of amides is 1. The van der Waals surface area contributed by atoms with Gasteiger partial charge in [-0.05, 0) is 23.8 Å². The largest absolute Gasteiger partial charge is 0.466 e. The Bertz CT molecular complexity index is 550. The minimum absolute atomic E-state index is 0.0347. The van der Waals surface area contributed by atoms with Gasteiger partial charge in [0.05, 0.1) is 12.7 Å². The molecule has 1 aromatic carbocycles. The first-order chi connectivity index (χ1) is 9.24. The van der Waals surface area contributed by atoms with Crippen LogP contribution in [0.4, 0.5) is 18.9 Å². The smallest absolute Gasteiger partial charge is 0.416 e. The van der Waals surface area contributed by atoms with Gasteiger partial charge in [-0.2, -0.15) is 13.2 Å². The van der Waals surface area contributed by atoms with Gasteiger partial charge in [0.1, 0.15) is 0 Å². The van der Waals surface area contributed by atoms with Gasteiger partial charge in [-0.3, -0.25) is 4.79 Å². The van der Waals surface area contributed by atoms with Crippen LogP contribution in [0.5, 0.6) is 0 Å². The van der Waals surface area contributed by atoms with Gasteiger partial charge in [0.25, 0.3) is 0 Å². The lowest BCUT2D eigenvalue weighted by Gasteiger charge is -2.12. The van der Waals surface area contributed by atoms with Crippen LogP contribution < -0.4 is 5.32 Å². The normalized spacial score (nSPS) is 11.4. The number of alkyl halides is 3. The van der Waals surface area contributed by atoms with E-state index in [4.69, 9.17) is 0 Å². The Labute approximate surface area is 113 Å². The van der Waals surface area contributed by atoms with E-state index < -0.39 is 23.6 Å². The number of hydrogen-bond acceptors (Lipinski definition) is 3. The molecule has 0 unspecified atom stereocenters. The van der Waals surface area contributed by atoms with E-state index in [1.807, 2.05) is 0 Å². The molecule has 0 saturated heterocycles. The van der Waals surface area contributed by atoms with Crippen molar-refractivity contribution in [2.45, 2.75) is 13.1 Å². The number of ether oxygens (including phenoxy) is 1. The number of carbonyl (C=O) groups excluding carboxylic acids is 2. The molecule has 0 aliphatic carbocycles. The molecule has 0 saturated carbocycles. The first-order valence-electron chi connectivity index (χ1n) is 5.49. The first-order valence-corrected chi connectivity index (χ1v) is 5.49. The van der Waals surface area contributed by atoms with Crippen LogP contribution in [0.3, 0.4) is 0 Å². The third-order valence-electron chi connectivity index (χ3n) is 2.29. The summed E-state index contributed by atoms with van der Waals surface area (Å²) < 4.78 is 42.2. The van der Waals surface area contributed by atoms with Crippen molar-refractivity contribution in [3.8, 4) is 0 Å². The molecule has 7 heteroatoms. The summed E-state index contributed by atoms with van der Waals surface area (Å²) in [6.07, 6.45) is -2.21. The van der Waals surface area contributed by atoms with Crippen molar-refractivity contribution in [1.29, 1.82) is 0 Å². The number of esters is 1. The fourth-order valence-electron chi connectivity index (χ4n) is 1.40. The molecule has 108 valence electrons. The summed E-state index contributed by atoms with van der Waals surface area (Å²) in [6.45, 7) is 1.17. The van der Waals surface area contributed by atoms with E-state index in [2.05, 4.69) is 10.1 Å². The predicted octanol–water partition coefficient (Wildman–Crippen LogP) is 2.85. The van der Waals surface area contributed by atoms with Crippen LogP contribution >= 0.6 is 0 Å². The van der Waals surface area contributed by atoms with Crippen LogP contribution in [-0.2, 0) is 20.5 Å². The molecule has 1 amide bonds. The van der Waals surface area contributed by atoms with E-state index in [9.17, 15) is 22.8 Å². The highest BCUT2D eigenvalue weighted by Crippen LogP contribution is 2.32. The Morgan fingerprint density at radius 2 is 1.95 bits per heavy atom. The molecule has 0 aliphatic rings. The van der Waals surface area contributed by atoms with E-state index >= 15 is 0 Å². The first kappa shape index (κ1) is 15.7. The fourth-order valence-corrected chi connectivity index (χ4v) is 1.40. The average Bonchev–Trinajstić information content (AvgIpc) is 2.34. The van der Waals surface area contributed by atoms with Crippen molar-refractivity contribution in [3.63, 3.8) is 0 Å². The zero-order valence-electron chi connectivity index (χ0n) is 10.7. The number of methoxy groups -OCH3 is 1. The summed E-state index contributed by atoms with van der Waals surface area (Å²) in [5.41, 5.74) is -0.664. The van der Waals surface area contributed by atoms with Crippen LogP contribution in [0.15, 0.2) is 24.3 Å². The molecule has 0 bridgehead atoms. The summed E-state index contributed by atoms with van der Waals surface area (Å²) in [5, 5.41) is 2.29. The fraction of sp³-hybridized carbons (Fsp3) is 0.231. The quantitative estimate of drug-likeness (QED) is 0.687. The second-order valence-corrected chi connectivity index (χ2v) is 3.84. The third kappa shape index (κ3) is 4.42. The molecule has 20 heavy (non-hydrogen) atoms. The Morgan fingerprint density at radius 3 is 2.45 bits per heavy atom. The van der Waals surface area contributed by atoms with Crippen LogP contribution in [-0.4, -0.2) is 19.0 Å².